The molecule has 268 valence electrons. The minimum absolute atomic E-state index is 0.00426. The fraction of sp³-hybridized carbons (Fsp3) is 0.0714. The monoisotopic (exact) mass is 708 g/mol. The molecule has 0 aliphatic heterocycles. The van der Waals surface area contributed by atoms with Crippen molar-refractivity contribution in [2.45, 2.75) is 6.42 Å². The third kappa shape index (κ3) is 9.92. The van der Waals surface area contributed by atoms with Crippen LogP contribution in [0.15, 0.2) is 133 Å². The van der Waals surface area contributed by atoms with E-state index in [9.17, 15) is 14.4 Å². The minimum atomic E-state index is -0.435. The van der Waals surface area contributed by atoms with Crippen molar-refractivity contribution in [2.75, 3.05) is 47.6 Å². The summed E-state index contributed by atoms with van der Waals surface area (Å²) >= 11 is 0. The van der Waals surface area contributed by atoms with Crippen LogP contribution in [0.3, 0.4) is 0 Å². The lowest BCUT2D eigenvalue weighted by atomic mass is 10.1. The average Bonchev–Trinajstić information content (AvgIpc) is 3.42. The van der Waals surface area contributed by atoms with Gasteiger partial charge < -0.3 is 43.9 Å². The molecule has 11 nitrogen and oxygen atoms in total. The maximum absolute atomic E-state index is 12.1. The molecule has 0 heterocycles. The second-order valence-corrected chi connectivity index (χ2v) is 12.1. The molecule has 53 heavy (non-hydrogen) atoms. The van der Waals surface area contributed by atoms with E-state index in [-0.39, 0.29) is 19.0 Å². The topological polar surface area (TPSA) is 226 Å². The molecular weight excluding hydrogens is 668 g/mol. The van der Waals surface area contributed by atoms with Crippen LogP contribution < -0.4 is 34.4 Å². The van der Waals surface area contributed by atoms with E-state index in [1.54, 1.807) is 72.8 Å². The van der Waals surface area contributed by atoms with Crippen molar-refractivity contribution < 1.29 is 23.9 Å². The van der Waals surface area contributed by atoms with E-state index >= 15 is 0 Å². The molecule has 1 aliphatic carbocycles. The number of carbonyl (C=O) groups is 3. The molecule has 0 aromatic heterocycles. The number of ether oxygens (including phenoxy) is 2. The van der Waals surface area contributed by atoms with Crippen LogP contribution in [0.2, 0.25) is 0 Å². The fourth-order valence-corrected chi connectivity index (χ4v) is 5.30. The molecule has 0 amide bonds. The van der Waals surface area contributed by atoms with Gasteiger partial charge in [-0.1, -0.05) is 36.4 Å². The number of nitrogens with two attached hydrogens (primary N) is 6. The summed E-state index contributed by atoms with van der Waals surface area (Å²) < 4.78 is 10.2. The first-order valence-electron chi connectivity index (χ1n) is 16.6. The standard InChI is InChI=1S/C17H18N2O4.C13H10N2O.C12H12N2/c18-14-6-2-12(3-7-14)16(20)22-10-1-11-23-17(21)13-4-8-15(19)9-5-13;14-7-1-3-9-10-4-2-8(15)6-12(10)13(16)11(9)5-7;13-11-6-4-9(5-7-11)10-2-1-3-12(14)8-10/h2-9H,1,10-11,18-19H2;1-6H,14-15H2;1-8H,13-14H2. The summed E-state index contributed by atoms with van der Waals surface area (Å²) in [5.74, 6) is -0.866. The molecule has 12 N–H and O–H groups in total. The van der Waals surface area contributed by atoms with E-state index in [2.05, 4.69) is 0 Å². The van der Waals surface area contributed by atoms with Gasteiger partial charge in [0.15, 0.2) is 5.78 Å². The largest absolute Gasteiger partial charge is 0.462 e. The molecule has 1 aliphatic rings. The van der Waals surface area contributed by atoms with E-state index in [1.807, 2.05) is 60.7 Å². The highest BCUT2D eigenvalue weighted by Gasteiger charge is 2.26. The number of hydrogen-bond acceptors (Lipinski definition) is 11. The Bertz CT molecular complexity index is 2110. The molecule has 11 heteroatoms. The summed E-state index contributed by atoms with van der Waals surface area (Å²) in [6.45, 7) is 0.330. The van der Waals surface area contributed by atoms with Gasteiger partial charge >= 0.3 is 11.9 Å². The van der Waals surface area contributed by atoms with Gasteiger partial charge in [-0.3, -0.25) is 4.79 Å². The number of hydrogen-bond donors (Lipinski definition) is 6. The summed E-state index contributed by atoms with van der Waals surface area (Å²) in [5, 5.41) is 0. The van der Waals surface area contributed by atoms with Crippen LogP contribution in [0, 0.1) is 0 Å². The first-order valence-corrected chi connectivity index (χ1v) is 16.6. The molecule has 0 atom stereocenters. The second kappa shape index (κ2) is 17.1. The summed E-state index contributed by atoms with van der Waals surface area (Å²) in [6, 6.07) is 39.3. The fourth-order valence-electron chi connectivity index (χ4n) is 5.30. The normalized spacial score (nSPS) is 10.8. The Labute approximate surface area is 307 Å². The highest BCUT2D eigenvalue weighted by atomic mass is 16.5. The van der Waals surface area contributed by atoms with Gasteiger partial charge in [-0.25, -0.2) is 9.59 Å². The van der Waals surface area contributed by atoms with E-state index in [0.29, 0.717) is 51.4 Å². The minimum Gasteiger partial charge on any atom is -0.462 e. The maximum Gasteiger partial charge on any atom is 0.338 e. The lowest BCUT2D eigenvalue weighted by Crippen LogP contribution is -2.11. The Hall–Kier alpha value is -7.27. The quantitative estimate of drug-likeness (QED) is 0.0571. The van der Waals surface area contributed by atoms with E-state index in [0.717, 1.165) is 33.6 Å². The Morgan fingerprint density at radius 3 is 1.25 bits per heavy atom. The molecule has 6 aromatic rings. The molecule has 0 bridgehead atoms. The van der Waals surface area contributed by atoms with Crippen molar-refractivity contribution in [3.63, 3.8) is 0 Å². The number of anilines is 6. The molecular formula is C42H40N6O5. The second-order valence-electron chi connectivity index (χ2n) is 12.1. The van der Waals surface area contributed by atoms with Crippen molar-refractivity contribution in [2.24, 2.45) is 0 Å². The summed E-state index contributed by atoms with van der Waals surface area (Å²) in [5.41, 5.74) is 44.0. The van der Waals surface area contributed by atoms with Crippen LogP contribution in [0.1, 0.15) is 43.1 Å². The van der Waals surface area contributed by atoms with Crippen LogP contribution >= 0.6 is 0 Å². The van der Waals surface area contributed by atoms with E-state index in [4.69, 9.17) is 43.9 Å². The Kier molecular flexibility index (Phi) is 11.9. The highest BCUT2D eigenvalue weighted by Crippen LogP contribution is 2.38. The van der Waals surface area contributed by atoms with Gasteiger partial charge in [0.1, 0.15) is 0 Å². The maximum atomic E-state index is 12.1. The van der Waals surface area contributed by atoms with Crippen molar-refractivity contribution in [3.05, 3.63) is 156 Å². The molecule has 7 rings (SSSR count). The number of nitrogen functional groups attached to an aromatic ring is 6. The predicted octanol–water partition coefficient (Wildman–Crippen LogP) is 6.84. The zero-order valence-corrected chi connectivity index (χ0v) is 28.8. The van der Waals surface area contributed by atoms with Crippen molar-refractivity contribution in [3.8, 4) is 22.3 Å². The van der Waals surface area contributed by atoms with Gasteiger partial charge in [-0.05, 0) is 119 Å². The van der Waals surface area contributed by atoms with Gasteiger partial charge in [-0.2, -0.15) is 0 Å². The Morgan fingerprint density at radius 1 is 0.415 bits per heavy atom. The van der Waals surface area contributed by atoms with E-state index in [1.165, 1.54) is 0 Å². The number of esters is 2. The van der Waals surface area contributed by atoms with Gasteiger partial charge in [-0.15, -0.1) is 0 Å². The Morgan fingerprint density at radius 2 is 0.811 bits per heavy atom. The summed E-state index contributed by atoms with van der Waals surface area (Å²) in [7, 11) is 0. The zero-order valence-electron chi connectivity index (χ0n) is 28.8. The number of ketones is 1. The molecule has 0 spiro atoms. The molecule has 0 unspecified atom stereocenters. The van der Waals surface area contributed by atoms with Gasteiger partial charge in [0.05, 0.1) is 24.3 Å². The third-order valence-corrected chi connectivity index (χ3v) is 8.05. The summed E-state index contributed by atoms with van der Waals surface area (Å²) in [6.07, 6.45) is 0.418. The first kappa shape index (κ1) is 37.0. The van der Waals surface area contributed by atoms with Crippen LogP contribution in [0.5, 0.6) is 0 Å². The number of fused-ring (bicyclic) bond motifs is 3. The lowest BCUT2D eigenvalue weighted by molar-refractivity contribution is 0.0395. The van der Waals surface area contributed by atoms with Gasteiger partial charge in [0, 0.05) is 51.7 Å². The number of carbonyl (C=O) groups excluding carboxylic acids is 3. The van der Waals surface area contributed by atoms with E-state index < -0.39 is 11.9 Å². The van der Waals surface area contributed by atoms with Crippen molar-refractivity contribution >= 4 is 51.8 Å². The average molecular weight is 709 g/mol. The van der Waals surface area contributed by atoms with Crippen LogP contribution in [-0.4, -0.2) is 30.9 Å². The predicted molar refractivity (Wildman–Crippen MR) is 212 cm³/mol. The van der Waals surface area contributed by atoms with Crippen molar-refractivity contribution in [1.82, 2.24) is 0 Å². The van der Waals surface area contributed by atoms with Crippen LogP contribution in [0.4, 0.5) is 34.1 Å². The van der Waals surface area contributed by atoms with Crippen LogP contribution in [-0.2, 0) is 9.47 Å². The zero-order chi connectivity index (χ0) is 37.9. The highest BCUT2D eigenvalue weighted by molar-refractivity contribution is 6.22. The Balaban J connectivity index is 0.000000159. The SMILES string of the molecule is Nc1ccc(-c2cccc(N)c2)cc1.Nc1ccc(C(=O)OCCCOC(=O)c2ccc(N)cc2)cc1.Nc1ccc2c(c1)C(=O)c1cc(N)ccc1-2. The molecule has 6 aromatic carbocycles. The molecule has 0 radical (unpaired) electrons. The summed E-state index contributed by atoms with van der Waals surface area (Å²) in [4.78, 5) is 35.5. The van der Waals surface area contributed by atoms with Crippen molar-refractivity contribution in [1.29, 1.82) is 0 Å². The molecule has 0 saturated carbocycles. The third-order valence-electron chi connectivity index (χ3n) is 8.05. The van der Waals surface area contributed by atoms with Gasteiger partial charge in [0.25, 0.3) is 0 Å². The molecule has 0 fully saturated rings. The number of rotatable bonds is 7. The number of benzene rings is 6. The smallest absolute Gasteiger partial charge is 0.338 e. The molecule has 0 saturated heterocycles. The van der Waals surface area contributed by atoms with Crippen LogP contribution in [0.25, 0.3) is 22.3 Å². The van der Waals surface area contributed by atoms with Gasteiger partial charge in [0.2, 0.25) is 0 Å². The lowest BCUT2D eigenvalue weighted by Gasteiger charge is -2.07. The first-order chi connectivity index (χ1) is 25.5.